The Labute approximate surface area is 96.1 Å². The van der Waals surface area contributed by atoms with Gasteiger partial charge in [-0.25, -0.2) is 0 Å². The van der Waals surface area contributed by atoms with E-state index in [1.165, 1.54) is 27.7 Å². The second-order valence-electron chi connectivity index (χ2n) is 4.97. The van der Waals surface area contributed by atoms with E-state index in [1.54, 1.807) is 0 Å². The van der Waals surface area contributed by atoms with E-state index < -0.39 is 0 Å². The van der Waals surface area contributed by atoms with E-state index in [1.807, 2.05) is 0 Å². The molecule has 2 N–H and O–H groups in total. The van der Waals surface area contributed by atoms with E-state index in [2.05, 4.69) is 42.3 Å². The number of fused-ring (bicyclic) bond motifs is 3. The number of rotatable bonds is 1. The van der Waals surface area contributed by atoms with Crippen molar-refractivity contribution in [3.8, 4) is 0 Å². The summed E-state index contributed by atoms with van der Waals surface area (Å²) in [5.74, 6) is 0.600. The third-order valence-corrected chi connectivity index (χ3v) is 3.54. The molecule has 0 radical (unpaired) electrons. The van der Waals surface area contributed by atoms with Crippen LogP contribution < -0.4 is 5.32 Å². The summed E-state index contributed by atoms with van der Waals surface area (Å²) in [6.45, 7) is 6.57. The first-order chi connectivity index (χ1) is 7.75. The molecule has 1 aromatic carbocycles. The molecule has 0 atom stereocenters. The minimum absolute atomic E-state index is 0.600. The van der Waals surface area contributed by atoms with Gasteiger partial charge in [-0.15, -0.1) is 0 Å². The van der Waals surface area contributed by atoms with Crippen LogP contribution >= 0.6 is 0 Å². The summed E-state index contributed by atoms with van der Waals surface area (Å²) in [4.78, 5) is 3.55. The van der Waals surface area contributed by atoms with E-state index in [-0.39, 0.29) is 0 Å². The van der Waals surface area contributed by atoms with Crippen LogP contribution in [0, 0.1) is 0 Å². The Morgan fingerprint density at radius 3 is 2.94 bits per heavy atom. The zero-order valence-corrected chi connectivity index (χ0v) is 9.93. The summed E-state index contributed by atoms with van der Waals surface area (Å²) in [6, 6.07) is 6.85. The monoisotopic (exact) mass is 214 g/mol. The lowest BCUT2D eigenvalue weighted by molar-refractivity contribution is 0.637. The van der Waals surface area contributed by atoms with Crippen molar-refractivity contribution in [3.63, 3.8) is 0 Å². The third-order valence-electron chi connectivity index (χ3n) is 3.54. The second kappa shape index (κ2) is 3.63. The summed E-state index contributed by atoms with van der Waals surface area (Å²) in [7, 11) is 0. The summed E-state index contributed by atoms with van der Waals surface area (Å²) in [5, 5.41) is 4.83. The highest BCUT2D eigenvalue weighted by molar-refractivity contribution is 5.85. The molecule has 16 heavy (non-hydrogen) atoms. The average Bonchev–Trinajstić information content (AvgIpc) is 2.66. The van der Waals surface area contributed by atoms with Crippen molar-refractivity contribution in [2.75, 3.05) is 6.54 Å². The Kier molecular flexibility index (Phi) is 2.25. The van der Waals surface area contributed by atoms with Crippen LogP contribution in [0.15, 0.2) is 18.2 Å². The largest absolute Gasteiger partial charge is 0.357 e. The zero-order chi connectivity index (χ0) is 11.1. The summed E-state index contributed by atoms with van der Waals surface area (Å²) in [6.07, 6.45) is 1.15. The van der Waals surface area contributed by atoms with Crippen molar-refractivity contribution in [2.24, 2.45) is 0 Å². The van der Waals surface area contributed by atoms with Crippen LogP contribution in [0.1, 0.15) is 36.6 Å². The number of hydrogen-bond acceptors (Lipinski definition) is 1. The van der Waals surface area contributed by atoms with Crippen molar-refractivity contribution in [1.82, 2.24) is 10.3 Å². The highest BCUT2D eigenvalue weighted by Gasteiger charge is 2.15. The molecule has 0 unspecified atom stereocenters. The summed E-state index contributed by atoms with van der Waals surface area (Å²) < 4.78 is 0. The summed E-state index contributed by atoms with van der Waals surface area (Å²) >= 11 is 0. The van der Waals surface area contributed by atoms with Gasteiger partial charge in [0.1, 0.15) is 0 Å². The fourth-order valence-electron chi connectivity index (χ4n) is 2.55. The molecule has 0 spiro atoms. The van der Waals surface area contributed by atoms with Crippen molar-refractivity contribution < 1.29 is 0 Å². The molecule has 1 aliphatic heterocycles. The first kappa shape index (κ1) is 9.91. The lowest BCUT2D eigenvalue weighted by Gasteiger charge is -2.12. The molecular formula is C14H18N2. The van der Waals surface area contributed by atoms with Crippen LogP contribution in [-0.2, 0) is 13.0 Å². The minimum atomic E-state index is 0.600. The Balaban J connectivity index is 2.19. The van der Waals surface area contributed by atoms with Gasteiger partial charge in [0.15, 0.2) is 0 Å². The number of hydrogen-bond donors (Lipinski definition) is 2. The fraction of sp³-hybridized carbons (Fsp3) is 0.429. The Hall–Kier alpha value is -1.28. The van der Waals surface area contributed by atoms with Gasteiger partial charge in [-0.2, -0.15) is 0 Å². The Morgan fingerprint density at radius 2 is 2.12 bits per heavy atom. The molecule has 2 aromatic rings. The zero-order valence-electron chi connectivity index (χ0n) is 9.93. The second-order valence-corrected chi connectivity index (χ2v) is 4.97. The van der Waals surface area contributed by atoms with Crippen LogP contribution in [0.2, 0.25) is 0 Å². The van der Waals surface area contributed by atoms with E-state index >= 15 is 0 Å². The van der Waals surface area contributed by atoms with Crippen LogP contribution in [0.3, 0.4) is 0 Å². The molecule has 0 saturated heterocycles. The predicted octanol–water partition coefficient (Wildman–Crippen LogP) is 2.94. The van der Waals surface area contributed by atoms with E-state index in [0.29, 0.717) is 5.92 Å². The van der Waals surface area contributed by atoms with E-state index in [9.17, 15) is 0 Å². The number of benzene rings is 1. The first-order valence-corrected chi connectivity index (χ1v) is 6.10. The fourth-order valence-corrected chi connectivity index (χ4v) is 2.55. The van der Waals surface area contributed by atoms with Crippen molar-refractivity contribution in [2.45, 2.75) is 32.7 Å². The average molecular weight is 214 g/mol. The molecule has 0 bridgehead atoms. The van der Waals surface area contributed by atoms with Gasteiger partial charge in [0, 0.05) is 23.1 Å². The maximum Gasteiger partial charge on any atom is 0.0462 e. The predicted molar refractivity (Wildman–Crippen MR) is 67.8 cm³/mol. The standard InChI is InChI=1S/C14H18N2/c1-9(2)10-3-4-11-12-5-6-15-8-14(12)16-13(11)7-10/h3-4,7,9,15-16H,5-6,8H2,1-2H3. The smallest absolute Gasteiger partial charge is 0.0462 e. The number of aromatic nitrogens is 1. The molecule has 0 amide bonds. The van der Waals surface area contributed by atoms with Gasteiger partial charge in [-0.3, -0.25) is 0 Å². The van der Waals surface area contributed by atoms with Crippen molar-refractivity contribution in [1.29, 1.82) is 0 Å². The highest BCUT2D eigenvalue weighted by Crippen LogP contribution is 2.27. The lowest BCUT2D eigenvalue weighted by atomic mass is 9.99. The molecule has 2 nitrogen and oxygen atoms in total. The quantitative estimate of drug-likeness (QED) is 0.750. The molecule has 2 heteroatoms. The van der Waals surface area contributed by atoms with Crippen LogP contribution in [0.4, 0.5) is 0 Å². The van der Waals surface area contributed by atoms with Gasteiger partial charge >= 0.3 is 0 Å². The highest BCUT2D eigenvalue weighted by atomic mass is 14.9. The molecule has 1 aliphatic rings. The van der Waals surface area contributed by atoms with Gasteiger partial charge in [0.05, 0.1) is 0 Å². The van der Waals surface area contributed by atoms with Gasteiger partial charge in [0.25, 0.3) is 0 Å². The number of aromatic amines is 1. The van der Waals surface area contributed by atoms with Gasteiger partial charge < -0.3 is 10.3 Å². The van der Waals surface area contributed by atoms with Crippen LogP contribution in [-0.4, -0.2) is 11.5 Å². The number of nitrogens with one attached hydrogen (secondary N) is 2. The maximum atomic E-state index is 3.55. The molecule has 3 rings (SSSR count). The molecule has 2 heterocycles. The molecule has 0 fully saturated rings. The molecule has 1 aromatic heterocycles. The Bertz CT molecular complexity index is 523. The first-order valence-electron chi connectivity index (χ1n) is 6.10. The van der Waals surface area contributed by atoms with Crippen LogP contribution in [0.25, 0.3) is 10.9 Å². The molecular weight excluding hydrogens is 196 g/mol. The molecule has 0 aliphatic carbocycles. The summed E-state index contributed by atoms with van der Waals surface area (Å²) in [5.41, 5.74) is 5.62. The van der Waals surface area contributed by atoms with E-state index in [0.717, 1.165) is 19.5 Å². The third kappa shape index (κ3) is 1.45. The van der Waals surface area contributed by atoms with E-state index in [4.69, 9.17) is 0 Å². The maximum absolute atomic E-state index is 3.55. The van der Waals surface area contributed by atoms with Gasteiger partial charge in [0.2, 0.25) is 0 Å². The topological polar surface area (TPSA) is 27.8 Å². The lowest BCUT2D eigenvalue weighted by Crippen LogP contribution is -2.22. The van der Waals surface area contributed by atoms with Crippen molar-refractivity contribution >= 4 is 10.9 Å². The molecule has 0 saturated carbocycles. The van der Waals surface area contributed by atoms with Crippen LogP contribution in [0.5, 0.6) is 0 Å². The SMILES string of the molecule is CC(C)c1ccc2c3c([nH]c2c1)CNCC3. The molecule has 84 valence electrons. The van der Waals surface area contributed by atoms with Gasteiger partial charge in [-0.05, 0) is 36.1 Å². The normalized spacial score (nSPS) is 15.7. The number of H-pyrrole nitrogens is 1. The minimum Gasteiger partial charge on any atom is -0.357 e. The van der Waals surface area contributed by atoms with Gasteiger partial charge in [-0.1, -0.05) is 26.0 Å². The van der Waals surface area contributed by atoms with Crippen molar-refractivity contribution in [3.05, 3.63) is 35.0 Å². The Morgan fingerprint density at radius 1 is 1.25 bits per heavy atom.